The van der Waals surface area contributed by atoms with Gasteiger partial charge in [0.25, 0.3) is 12.4 Å². The van der Waals surface area contributed by atoms with Crippen LogP contribution in [0.4, 0.5) is 13.2 Å². The Labute approximate surface area is 189 Å². The second kappa shape index (κ2) is 10.6. The molecule has 7 nitrogen and oxygen atoms in total. The van der Waals surface area contributed by atoms with Crippen molar-refractivity contribution in [3.8, 4) is 11.8 Å². The lowest BCUT2D eigenvalue weighted by Gasteiger charge is -2.29. The van der Waals surface area contributed by atoms with Crippen LogP contribution in [0.2, 0.25) is 5.02 Å². The van der Waals surface area contributed by atoms with E-state index in [9.17, 15) is 18.0 Å². The summed E-state index contributed by atoms with van der Waals surface area (Å²) in [6.07, 6.45) is 0.219. The van der Waals surface area contributed by atoms with E-state index in [1.807, 2.05) is 6.92 Å². The van der Waals surface area contributed by atoms with Gasteiger partial charge in [0, 0.05) is 26.1 Å². The largest absolute Gasteiger partial charge is 0.484 e. The fourth-order valence-electron chi connectivity index (χ4n) is 3.76. The van der Waals surface area contributed by atoms with Crippen LogP contribution in [0.3, 0.4) is 0 Å². The zero-order valence-corrected chi connectivity index (χ0v) is 18.9. The van der Waals surface area contributed by atoms with Gasteiger partial charge in [-0.05, 0) is 32.6 Å². The second-order valence-electron chi connectivity index (χ2n) is 7.97. The molecule has 1 aliphatic rings. The molecular formula is C21H27ClF3N3O4. The third-order valence-corrected chi connectivity index (χ3v) is 5.54. The number of halogens is 4. The molecule has 1 aromatic carbocycles. The Morgan fingerprint density at radius 3 is 2.56 bits per heavy atom. The van der Waals surface area contributed by atoms with Crippen LogP contribution in [0.25, 0.3) is 11.0 Å². The predicted molar refractivity (Wildman–Crippen MR) is 113 cm³/mol. The van der Waals surface area contributed by atoms with Crippen molar-refractivity contribution in [2.75, 3.05) is 13.2 Å². The molecule has 1 atom stereocenters. The highest BCUT2D eigenvalue weighted by Crippen LogP contribution is 2.36. The number of rotatable bonds is 9. The molecule has 1 heterocycles. The van der Waals surface area contributed by atoms with Gasteiger partial charge in [0.1, 0.15) is 23.7 Å². The van der Waals surface area contributed by atoms with E-state index in [0.717, 1.165) is 31.7 Å². The highest BCUT2D eigenvalue weighted by molar-refractivity contribution is 6.35. The fourth-order valence-corrected chi connectivity index (χ4v) is 3.99. The van der Waals surface area contributed by atoms with Crippen molar-refractivity contribution in [3.63, 3.8) is 0 Å². The van der Waals surface area contributed by atoms with Crippen molar-refractivity contribution >= 4 is 28.5 Å². The first-order valence-electron chi connectivity index (χ1n) is 10.5. The van der Waals surface area contributed by atoms with Crippen molar-refractivity contribution in [1.82, 2.24) is 14.9 Å². The lowest BCUT2D eigenvalue weighted by molar-refractivity contribution is -0.120. The van der Waals surface area contributed by atoms with Crippen molar-refractivity contribution in [2.24, 2.45) is 7.05 Å². The molecule has 1 saturated carbocycles. The van der Waals surface area contributed by atoms with Crippen LogP contribution in [-0.4, -0.2) is 53.3 Å². The molecule has 11 heteroatoms. The molecule has 178 valence electrons. The zero-order valence-electron chi connectivity index (χ0n) is 18.2. The van der Waals surface area contributed by atoms with Gasteiger partial charge < -0.3 is 19.5 Å². The first kappa shape index (κ1) is 24.4. The number of hydrogen-bond donors (Lipinski definition) is 1. The number of ether oxygens (including phenoxy) is 3. The van der Waals surface area contributed by atoms with Gasteiger partial charge in [-0.3, -0.25) is 9.36 Å². The average Bonchev–Trinajstić information content (AvgIpc) is 3.05. The number of carbonyl (C=O) groups is 1. The van der Waals surface area contributed by atoms with E-state index in [-0.39, 0.29) is 52.0 Å². The highest BCUT2D eigenvalue weighted by Gasteiger charge is 2.27. The van der Waals surface area contributed by atoms with E-state index in [1.54, 1.807) is 7.05 Å². The minimum atomic E-state index is -2.73. The Bertz CT molecular complexity index is 948. The molecule has 0 aliphatic heterocycles. The molecule has 0 spiro atoms. The molecule has 0 saturated heterocycles. The molecule has 1 fully saturated rings. The minimum Gasteiger partial charge on any atom is -0.484 e. The van der Waals surface area contributed by atoms with Gasteiger partial charge in [0.05, 0.1) is 17.7 Å². The van der Waals surface area contributed by atoms with E-state index in [0.29, 0.717) is 6.61 Å². The van der Waals surface area contributed by atoms with Crippen LogP contribution >= 0.6 is 11.6 Å². The number of amides is 1. The normalized spacial score (nSPS) is 19.9. The molecule has 1 aromatic heterocycles. The van der Waals surface area contributed by atoms with Gasteiger partial charge in [0.15, 0.2) is 11.6 Å². The first-order chi connectivity index (χ1) is 15.2. The molecular weight excluding hydrogens is 451 g/mol. The highest BCUT2D eigenvalue weighted by atomic mass is 35.5. The van der Waals surface area contributed by atoms with Gasteiger partial charge >= 0.3 is 0 Å². The third kappa shape index (κ3) is 5.98. The summed E-state index contributed by atoms with van der Waals surface area (Å²) in [5.74, 6) is -1.27. The predicted octanol–water partition coefficient (Wildman–Crippen LogP) is 4.24. The van der Waals surface area contributed by atoms with Crippen LogP contribution in [0.5, 0.6) is 11.8 Å². The topological polar surface area (TPSA) is 74.6 Å². The Morgan fingerprint density at radius 1 is 1.28 bits per heavy atom. The molecule has 3 rings (SSSR count). The summed E-state index contributed by atoms with van der Waals surface area (Å²) in [5.41, 5.74) is 0.204. The summed E-state index contributed by atoms with van der Waals surface area (Å²) in [4.78, 5) is 15.4. The molecule has 0 bridgehead atoms. The Kier molecular flexibility index (Phi) is 8.10. The van der Waals surface area contributed by atoms with Gasteiger partial charge in [0.2, 0.25) is 5.91 Å². The average molecular weight is 478 g/mol. The smallest absolute Gasteiger partial charge is 0.297 e. The molecule has 2 aromatic rings. The molecule has 32 heavy (non-hydrogen) atoms. The van der Waals surface area contributed by atoms with Crippen molar-refractivity contribution in [1.29, 1.82) is 0 Å². The summed E-state index contributed by atoms with van der Waals surface area (Å²) in [7, 11) is 1.57. The van der Waals surface area contributed by atoms with Crippen LogP contribution < -0.4 is 14.8 Å². The number of alkyl halides is 2. The zero-order chi connectivity index (χ0) is 23.4. The van der Waals surface area contributed by atoms with Gasteiger partial charge in [-0.2, -0.15) is 4.98 Å². The molecule has 1 N–H and O–H groups in total. The number of hydrogen-bond acceptors (Lipinski definition) is 5. The fraction of sp³-hybridized carbons (Fsp3) is 0.619. The summed E-state index contributed by atoms with van der Waals surface area (Å²) in [5, 5.41) is 2.87. The van der Waals surface area contributed by atoms with Crippen molar-refractivity contribution < 1.29 is 32.2 Å². The summed E-state index contributed by atoms with van der Waals surface area (Å²) >= 11 is 6.18. The van der Waals surface area contributed by atoms with E-state index in [4.69, 9.17) is 25.8 Å². The van der Waals surface area contributed by atoms with E-state index >= 15 is 0 Å². The second-order valence-corrected chi connectivity index (χ2v) is 8.38. The van der Waals surface area contributed by atoms with Crippen molar-refractivity contribution in [2.45, 2.75) is 64.2 Å². The Morgan fingerprint density at radius 2 is 1.94 bits per heavy atom. The molecule has 1 aliphatic carbocycles. The van der Waals surface area contributed by atoms with E-state index in [2.05, 4.69) is 10.3 Å². The lowest BCUT2D eigenvalue weighted by atomic mass is 9.95. The van der Waals surface area contributed by atoms with Gasteiger partial charge in [-0.1, -0.05) is 11.6 Å². The van der Waals surface area contributed by atoms with Gasteiger partial charge in [-0.25, -0.2) is 13.2 Å². The number of imidazole rings is 1. The van der Waals surface area contributed by atoms with Crippen molar-refractivity contribution in [3.05, 3.63) is 16.9 Å². The summed E-state index contributed by atoms with van der Waals surface area (Å²) in [6.45, 7) is 2.86. The number of nitrogens with zero attached hydrogens (tertiary/aromatic N) is 2. The number of nitrogens with one attached hydrogen (secondary N) is 1. The molecule has 0 unspecified atom stereocenters. The van der Waals surface area contributed by atoms with Crippen LogP contribution in [-0.2, 0) is 16.6 Å². The molecule has 1 amide bonds. The SMILES string of the molecule is CC(=O)N[C@@H](C)COC1CCC(Oc2nc3c(Cl)cc(OCC(F)F)c(F)c3n2C)CC1. The van der Waals surface area contributed by atoms with E-state index in [1.165, 1.54) is 11.5 Å². The Balaban J connectivity index is 1.62. The standard InChI is InChI=1S/C21H27ClF3N3O4/c1-11(26-12(2)29)9-30-13-4-6-14(7-5-13)32-21-27-19-15(22)8-16(31-10-17(23)24)18(25)20(19)28(21)3/h8,11,13-14,17H,4-7,9-10H2,1-3H3,(H,26,29)/t11-,13?,14?/m0/s1. The van der Waals surface area contributed by atoms with Crippen LogP contribution in [0.1, 0.15) is 39.5 Å². The maximum absolute atomic E-state index is 14.8. The molecule has 0 radical (unpaired) electrons. The number of fused-ring (bicyclic) bond motifs is 1. The third-order valence-electron chi connectivity index (χ3n) is 5.25. The minimum absolute atomic E-state index is 0.0285. The summed E-state index contributed by atoms with van der Waals surface area (Å²) < 4.78 is 57.8. The monoisotopic (exact) mass is 477 g/mol. The Hall–Kier alpha value is -2.20. The number of aryl methyl sites for hydroxylation is 1. The summed E-state index contributed by atoms with van der Waals surface area (Å²) in [6, 6.07) is 1.27. The number of aromatic nitrogens is 2. The lowest BCUT2D eigenvalue weighted by Crippen LogP contribution is -2.37. The van der Waals surface area contributed by atoms with Crippen LogP contribution in [0.15, 0.2) is 6.07 Å². The van der Waals surface area contributed by atoms with Gasteiger partial charge in [-0.15, -0.1) is 0 Å². The van der Waals surface area contributed by atoms with E-state index < -0.39 is 18.8 Å². The maximum atomic E-state index is 14.8. The number of benzene rings is 1. The number of carbonyl (C=O) groups excluding carboxylic acids is 1. The first-order valence-corrected chi connectivity index (χ1v) is 10.8. The maximum Gasteiger partial charge on any atom is 0.297 e. The van der Waals surface area contributed by atoms with Crippen LogP contribution in [0, 0.1) is 5.82 Å². The quantitative estimate of drug-likeness (QED) is 0.584.